The summed E-state index contributed by atoms with van der Waals surface area (Å²) >= 11 is 1.61. The maximum atomic E-state index is 11.1. The lowest BCUT2D eigenvalue weighted by Gasteiger charge is -2.30. The highest BCUT2D eigenvalue weighted by Gasteiger charge is 2.29. The van der Waals surface area contributed by atoms with Crippen LogP contribution in [0.25, 0.3) is 0 Å². The first-order valence-electron chi connectivity index (χ1n) is 5.66. The van der Waals surface area contributed by atoms with Crippen LogP contribution < -0.4 is 5.32 Å². The van der Waals surface area contributed by atoms with Crippen molar-refractivity contribution in [3.63, 3.8) is 0 Å². The van der Waals surface area contributed by atoms with E-state index in [-0.39, 0.29) is 11.4 Å². The number of rotatable bonds is 1. The third kappa shape index (κ3) is 2.88. The van der Waals surface area contributed by atoms with Crippen molar-refractivity contribution in [1.82, 2.24) is 5.32 Å². The molecule has 90 valence electrons. The minimum Gasteiger partial charge on any atom is -0.306 e. The molecule has 0 aromatic heterocycles. The summed E-state index contributed by atoms with van der Waals surface area (Å²) in [5, 5.41) is 3.51. The normalized spacial score (nSPS) is 24.0. The molecule has 1 unspecified atom stereocenters. The molecule has 0 saturated carbocycles. The van der Waals surface area contributed by atoms with Crippen LogP contribution in [0.15, 0.2) is 35.3 Å². The Kier molecular flexibility index (Phi) is 3.52. The largest absolute Gasteiger partial charge is 0.306 e. The summed E-state index contributed by atoms with van der Waals surface area (Å²) in [6.45, 7) is 3.63. The summed E-state index contributed by atoms with van der Waals surface area (Å²) in [5.41, 5.74) is 0.979. The Morgan fingerprint density at radius 3 is 2.76 bits per heavy atom. The molecule has 1 aliphatic rings. The van der Waals surface area contributed by atoms with Crippen molar-refractivity contribution in [1.29, 1.82) is 0 Å². The van der Waals surface area contributed by atoms with Crippen LogP contribution in [-0.2, 0) is 10.3 Å². The molecule has 1 amide bonds. The van der Waals surface area contributed by atoms with Gasteiger partial charge in [0.1, 0.15) is 0 Å². The Balaban J connectivity index is 2.28. The van der Waals surface area contributed by atoms with Gasteiger partial charge in [0.25, 0.3) is 0 Å². The average molecular weight is 248 g/mol. The van der Waals surface area contributed by atoms with Gasteiger partial charge >= 0.3 is 0 Å². The number of nitrogens with one attached hydrogen (secondary N) is 1. The third-order valence-electron chi connectivity index (χ3n) is 2.85. The molecule has 17 heavy (non-hydrogen) atoms. The molecule has 1 N–H and O–H groups in total. The third-order valence-corrected chi connectivity index (χ3v) is 3.73. The van der Waals surface area contributed by atoms with Gasteiger partial charge in [-0.15, -0.1) is 0 Å². The van der Waals surface area contributed by atoms with Gasteiger partial charge < -0.3 is 5.32 Å². The Bertz CT molecular complexity index is 444. The van der Waals surface area contributed by atoms with E-state index in [1.54, 1.807) is 11.8 Å². The second-order valence-corrected chi connectivity index (χ2v) is 5.42. The van der Waals surface area contributed by atoms with Crippen LogP contribution in [0, 0.1) is 0 Å². The van der Waals surface area contributed by atoms with Crippen molar-refractivity contribution in [2.75, 3.05) is 5.75 Å². The van der Waals surface area contributed by atoms with Gasteiger partial charge in [0.15, 0.2) is 5.17 Å². The molecule has 1 aromatic rings. The molecule has 4 heteroatoms. The fraction of sp³-hybridized carbons (Fsp3) is 0.385. The van der Waals surface area contributed by atoms with Crippen LogP contribution in [0.4, 0.5) is 0 Å². The quantitative estimate of drug-likeness (QED) is 0.829. The van der Waals surface area contributed by atoms with E-state index in [1.165, 1.54) is 12.5 Å². The Morgan fingerprint density at radius 1 is 1.41 bits per heavy atom. The predicted octanol–water partition coefficient (Wildman–Crippen LogP) is 2.53. The summed E-state index contributed by atoms with van der Waals surface area (Å²) in [7, 11) is 0. The first-order valence-corrected chi connectivity index (χ1v) is 6.64. The second kappa shape index (κ2) is 4.92. The van der Waals surface area contributed by atoms with Gasteiger partial charge in [-0.1, -0.05) is 42.1 Å². The number of benzene rings is 1. The number of carbonyl (C=O) groups is 1. The molecule has 0 fully saturated rings. The number of hydrogen-bond donors (Lipinski definition) is 1. The first kappa shape index (κ1) is 12.2. The topological polar surface area (TPSA) is 41.5 Å². The number of hydrogen-bond acceptors (Lipinski definition) is 3. The molecule has 1 atom stereocenters. The van der Waals surface area contributed by atoms with Gasteiger partial charge in [-0.2, -0.15) is 0 Å². The zero-order valence-corrected chi connectivity index (χ0v) is 10.9. The van der Waals surface area contributed by atoms with Crippen molar-refractivity contribution < 1.29 is 4.79 Å². The lowest BCUT2D eigenvalue weighted by atomic mass is 9.90. The molecule has 0 bridgehead atoms. The molecule has 0 aliphatic carbocycles. The second-order valence-electron chi connectivity index (χ2n) is 4.34. The molecule has 0 spiro atoms. The SMILES string of the molecule is CC(=O)NC1=NC(C)(c2ccccc2)CCS1. The van der Waals surface area contributed by atoms with Crippen LogP contribution in [0.1, 0.15) is 25.8 Å². The van der Waals surface area contributed by atoms with Crippen molar-refractivity contribution in [3.05, 3.63) is 35.9 Å². The highest BCUT2D eigenvalue weighted by Crippen LogP contribution is 2.34. The molecule has 1 aliphatic heterocycles. The van der Waals surface area contributed by atoms with Gasteiger partial charge in [0, 0.05) is 12.7 Å². The maximum absolute atomic E-state index is 11.1. The van der Waals surface area contributed by atoms with E-state index < -0.39 is 0 Å². The van der Waals surface area contributed by atoms with E-state index in [1.807, 2.05) is 18.2 Å². The molecule has 1 heterocycles. The fourth-order valence-corrected chi connectivity index (χ4v) is 3.05. The van der Waals surface area contributed by atoms with Crippen LogP contribution in [-0.4, -0.2) is 16.8 Å². The minimum atomic E-state index is -0.218. The highest BCUT2D eigenvalue weighted by molar-refractivity contribution is 8.13. The van der Waals surface area contributed by atoms with Gasteiger partial charge in [0.2, 0.25) is 5.91 Å². The van der Waals surface area contributed by atoms with Crippen molar-refractivity contribution in [2.45, 2.75) is 25.8 Å². The summed E-state index contributed by atoms with van der Waals surface area (Å²) < 4.78 is 0. The van der Waals surface area contributed by atoms with E-state index in [4.69, 9.17) is 0 Å². The standard InChI is InChI=1S/C13H16N2OS/c1-10(16)14-12-15-13(2,8-9-17-12)11-6-4-3-5-7-11/h3-7H,8-9H2,1-2H3,(H,14,15,16). The van der Waals surface area contributed by atoms with E-state index in [0.717, 1.165) is 17.3 Å². The Morgan fingerprint density at radius 2 is 2.12 bits per heavy atom. The summed E-state index contributed by atoms with van der Waals surface area (Å²) in [6.07, 6.45) is 0.991. The van der Waals surface area contributed by atoms with Crippen LogP contribution in [0.2, 0.25) is 0 Å². The number of aliphatic imine (C=N–C) groups is 1. The smallest absolute Gasteiger partial charge is 0.222 e. The zero-order valence-electron chi connectivity index (χ0n) is 10.1. The minimum absolute atomic E-state index is 0.0615. The number of carbonyl (C=O) groups excluding carboxylic acids is 1. The summed E-state index contributed by atoms with van der Waals surface area (Å²) in [5.74, 6) is 0.915. The van der Waals surface area contributed by atoms with Gasteiger partial charge in [-0.05, 0) is 18.9 Å². The Hall–Kier alpha value is -1.29. The number of nitrogens with zero attached hydrogens (tertiary/aromatic N) is 1. The molecule has 0 radical (unpaired) electrons. The van der Waals surface area contributed by atoms with Crippen LogP contribution in [0.5, 0.6) is 0 Å². The maximum Gasteiger partial charge on any atom is 0.222 e. The van der Waals surface area contributed by atoms with Crippen molar-refractivity contribution >= 4 is 22.8 Å². The van der Waals surface area contributed by atoms with Gasteiger partial charge in [-0.3, -0.25) is 9.79 Å². The van der Waals surface area contributed by atoms with Crippen molar-refractivity contribution in [2.24, 2.45) is 4.99 Å². The van der Waals surface area contributed by atoms with E-state index in [0.29, 0.717) is 0 Å². The Labute approximate surface area is 106 Å². The fourth-order valence-electron chi connectivity index (χ4n) is 1.88. The first-order chi connectivity index (χ1) is 8.10. The number of amides is 1. The van der Waals surface area contributed by atoms with Gasteiger partial charge in [0.05, 0.1) is 5.54 Å². The van der Waals surface area contributed by atoms with Gasteiger partial charge in [-0.25, -0.2) is 0 Å². The molecular formula is C13H16N2OS. The van der Waals surface area contributed by atoms with Crippen LogP contribution >= 0.6 is 11.8 Å². The molecule has 1 aromatic carbocycles. The van der Waals surface area contributed by atoms with E-state index in [9.17, 15) is 4.79 Å². The molecule has 2 rings (SSSR count). The number of amidine groups is 1. The lowest BCUT2D eigenvalue weighted by molar-refractivity contribution is -0.117. The molecule has 0 saturated heterocycles. The van der Waals surface area contributed by atoms with E-state index >= 15 is 0 Å². The monoisotopic (exact) mass is 248 g/mol. The molecule has 3 nitrogen and oxygen atoms in total. The summed E-state index contributed by atoms with van der Waals surface area (Å²) in [6, 6.07) is 10.2. The van der Waals surface area contributed by atoms with Crippen molar-refractivity contribution in [3.8, 4) is 0 Å². The van der Waals surface area contributed by atoms with Crippen LogP contribution in [0.3, 0.4) is 0 Å². The number of thioether (sulfide) groups is 1. The molecular weight excluding hydrogens is 232 g/mol. The highest BCUT2D eigenvalue weighted by atomic mass is 32.2. The predicted molar refractivity (Wildman–Crippen MR) is 72.1 cm³/mol. The average Bonchev–Trinajstić information content (AvgIpc) is 2.29. The zero-order chi connectivity index (χ0) is 12.3. The van der Waals surface area contributed by atoms with E-state index in [2.05, 4.69) is 29.4 Å². The summed E-state index contributed by atoms with van der Waals surface area (Å²) in [4.78, 5) is 15.7. The lowest BCUT2D eigenvalue weighted by Crippen LogP contribution is -2.34.